The third-order valence-electron chi connectivity index (χ3n) is 3.78. The molecule has 0 amide bonds. The Morgan fingerprint density at radius 1 is 1.10 bits per heavy atom. The number of aryl methyl sites for hydroxylation is 2. The lowest BCUT2D eigenvalue weighted by Crippen LogP contribution is -2.01. The monoisotopic (exact) mass is 281 g/mol. The Labute approximate surface area is 126 Å². The molecule has 2 aromatic carbocycles. The molecule has 0 radical (unpaired) electrons. The van der Waals surface area contributed by atoms with E-state index in [1.54, 1.807) is 0 Å². The molecule has 2 heteroatoms. The zero-order chi connectivity index (χ0) is 14.1. The number of rotatable bonds is 3. The summed E-state index contributed by atoms with van der Waals surface area (Å²) in [5, 5.41) is 0. The predicted octanol–water partition coefficient (Wildman–Crippen LogP) is 5.43. The Bertz CT molecular complexity index is 709. The highest BCUT2D eigenvalue weighted by atomic mass is 16.3. The van der Waals surface area contributed by atoms with Crippen LogP contribution in [0.4, 0.5) is 0 Å². The number of hydrogen-bond donors (Lipinski definition) is 0. The van der Waals surface area contributed by atoms with E-state index in [0.29, 0.717) is 5.92 Å². The van der Waals surface area contributed by atoms with Gasteiger partial charge in [0, 0.05) is 6.42 Å². The van der Waals surface area contributed by atoms with E-state index in [1.165, 1.54) is 16.7 Å². The number of aromatic nitrogens is 1. The van der Waals surface area contributed by atoms with Crippen molar-refractivity contribution in [1.82, 2.24) is 4.98 Å². The van der Waals surface area contributed by atoms with Crippen LogP contribution in [0.1, 0.15) is 42.8 Å². The summed E-state index contributed by atoms with van der Waals surface area (Å²) in [6.07, 6.45) is 0.832. The molecular formula is C19H23NO. The molecule has 3 aromatic rings. The maximum absolute atomic E-state index is 5.81. The molecule has 0 aliphatic rings. The Morgan fingerprint density at radius 3 is 2.57 bits per heavy atom. The van der Waals surface area contributed by atoms with Crippen LogP contribution in [0, 0.1) is 13.8 Å². The van der Waals surface area contributed by atoms with Crippen molar-refractivity contribution in [3.8, 4) is 0 Å². The molecule has 1 atom stereocenters. The second kappa shape index (κ2) is 6.13. The standard InChI is InChI=1S/C18H19NO.CH4/c1-12-8-9-15(13(2)10-12)14(3)11-18-19-16-6-4-5-7-17(16)20-18;/h4-10,14H,11H2,1-3H3;1H4. The smallest absolute Gasteiger partial charge is 0.196 e. The van der Waals surface area contributed by atoms with E-state index in [1.807, 2.05) is 24.3 Å². The largest absolute Gasteiger partial charge is 0.441 e. The maximum Gasteiger partial charge on any atom is 0.196 e. The summed E-state index contributed by atoms with van der Waals surface area (Å²) in [5.41, 5.74) is 5.83. The molecule has 0 spiro atoms. The van der Waals surface area contributed by atoms with Gasteiger partial charge in [0.2, 0.25) is 0 Å². The second-order valence-electron chi connectivity index (χ2n) is 5.54. The first kappa shape index (κ1) is 15.3. The number of fused-ring (bicyclic) bond motifs is 1. The van der Waals surface area contributed by atoms with Gasteiger partial charge in [-0.3, -0.25) is 0 Å². The van der Waals surface area contributed by atoms with Gasteiger partial charge in [0.05, 0.1) is 0 Å². The highest BCUT2D eigenvalue weighted by molar-refractivity contribution is 5.72. The van der Waals surface area contributed by atoms with E-state index in [0.717, 1.165) is 23.4 Å². The molecule has 0 aliphatic heterocycles. The molecule has 0 fully saturated rings. The first-order chi connectivity index (χ1) is 9.63. The van der Waals surface area contributed by atoms with E-state index >= 15 is 0 Å². The lowest BCUT2D eigenvalue weighted by molar-refractivity contribution is 0.507. The molecule has 0 N–H and O–H groups in total. The zero-order valence-corrected chi connectivity index (χ0v) is 12.2. The fourth-order valence-corrected chi connectivity index (χ4v) is 2.76. The van der Waals surface area contributed by atoms with Crippen LogP contribution in [0.25, 0.3) is 11.1 Å². The summed E-state index contributed by atoms with van der Waals surface area (Å²) in [7, 11) is 0. The summed E-state index contributed by atoms with van der Waals surface area (Å²) >= 11 is 0. The molecule has 110 valence electrons. The zero-order valence-electron chi connectivity index (χ0n) is 12.2. The van der Waals surface area contributed by atoms with E-state index in [9.17, 15) is 0 Å². The third-order valence-corrected chi connectivity index (χ3v) is 3.78. The van der Waals surface area contributed by atoms with Crippen LogP contribution in [0.3, 0.4) is 0 Å². The maximum atomic E-state index is 5.81. The first-order valence-corrected chi connectivity index (χ1v) is 7.05. The van der Waals surface area contributed by atoms with Gasteiger partial charge in [-0.1, -0.05) is 50.2 Å². The first-order valence-electron chi connectivity index (χ1n) is 7.05. The van der Waals surface area contributed by atoms with Crippen LogP contribution < -0.4 is 0 Å². The molecule has 0 saturated carbocycles. The van der Waals surface area contributed by atoms with Crippen molar-refractivity contribution in [2.24, 2.45) is 0 Å². The van der Waals surface area contributed by atoms with Gasteiger partial charge in [-0.15, -0.1) is 0 Å². The van der Waals surface area contributed by atoms with Crippen molar-refractivity contribution in [3.05, 3.63) is 65.0 Å². The minimum atomic E-state index is 0. The van der Waals surface area contributed by atoms with Crippen molar-refractivity contribution in [1.29, 1.82) is 0 Å². The highest BCUT2D eigenvalue weighted by Gasteiger charge is 2.13. The van der Waals surface area contributed by atoms with Gasteiger partial charge in [0.1, 0.15) is 5.52 Å². The van der Waals surface area contributed by atoms with E-state index < -0.39 is 0 Å². The molecule has 21 heavy (non-hydrogen) atoms. The van der Waals surface area contributed by atoms with Gasteiger partial charge in [0.25, 0.3) is 0 Å². The van der Waals surface area contributed by atoms with Crippen molar-refractivity contribution >= 4 is 11.1 Å². The Kier molecular flexibility index (Phi) is 4.46. The normalized spacial score (nSPS) is 12.1. The van der Waals surface area contributed by atoms with Crippen LogP contribution in [0.15, 0.2) is 46.9 Å². The lowest BCUT2D eigenvalue weighted by atomic mass is 9.92. The molecule has 0 saturated heterocycles. The molecule has 0 aliphatic carbocycles. The SMILES string of the molecule is C.Cc1ccc(C(C)Cc2nc3ccccc3o2)c(C)c1. The van der Waals surface area contributed by atoms with E-state index in [4.69, 9.17) is 4.42 Å². The summed E-state index contributed by atoms with van der Waals surface area (Å²) in [6, 6.07) is 14.5. The summed E-state index contributed by atoms with van der Waals surface area (Å²) < 4.78 is 5.81. The van der Waals surface area contributed by atoms with Crippen molar-refractivity contribution in [3.63, 3.8) is 0 Å². The quantitative estimate of drug-likeness (QED) is 0.640. The van der Waals surface area contributed by atoms with Crippen LogP contribution in [-0.2, 0) is 6.42 Å². The summed E-state index contributed by atoms with van der Waals surface area (Å²) in [5.74, 6) is 1.22. The van der Waals surface area contributed by atoms with Crippen LogP contribution in [0.5, 0.6) is 0 Å². The number of benzene rings is 2. The lowest BCUT2D eigenvalue weighted by Gasteiger charge is -2.13. The average Bonchev–Trinajstić information content (AvgIpc) is 2.80. The minimum Gasteiger partial charge on any atom is -0.441 e. The second-order valence-corrected chi connectivity index (χ2v) is 5.54. The van der Waals surface area contributed by atoms with E-state index in [2.05, 4.69) is 44.0 Å². The van der Waals surface area contributed by atoms with Gasteiger partial charge in [-0.2, -0.15) is 0 Å². The van der Waals surface area contributed by atoms with Crippen molar-refractivity contribution < 1.29 is 4.42 Å². The Hall–Kier alpha value is -2.09. The number of para-hydroxylation sites is 2. The number of nitrogens with zero attached hydrogens (tertiary/aromatic N) is 1. The Balaban J connectivity index is 0.00000161. The molecule has 3 rings (SSSR count). The number of hydrogen-bond acceptors (Lipinski definition) is 2. The average molecular weight is 281 g/mol. The van der Waals surface area contributed by atoms with Crippen LogP contribution in [-0.4, -0.2) is 4.98 Å². The van der Waals surface area contributed by atoms with Gasteiger partial charge in [-0.05, 0) is 43.0 Å². The topological polar surface area (TPSA) is 26.0 Å². The van der Waals surface area contributed by atoms with Crippen molar-refractivity contribution in [2.75, 3.05) is 0 Å². The molecule has 1 heterocycles. The van der Waals surface area contributed by atoms with Crippen molar-refractivity contribution in [2.45, 2.75) is 40.5 Å². The number of oxazole rings is 1. The summed E-state index contributed by atoms with van der Waals surface area (Å²) in [4.78, 5) is 4.56. The molecule has 0 bridgehead atoms. The van der Waals surface area contributed by atoms with Crippen LogP contribution >= 0.6 is 0 Å². The molecular weight excluding hydrogens is 258 g/mol. The highest BCUT2D eigenvalue weighted by Crippen LogP contribution is 2.25. The van der Waals surface area contributed by atoms with Gasteiger partial charge >= 0.3 is 0 Å². The summed E-state index contributed by atoms with van der Waals surface area (Å²) in [6.45, 7) is 6.53. The molecule has 1 unspecified atom stereocenters. The fourth-order valence-electron chi connectivity index (χ4n) is 2.76. The van der Waals surface area contributed by atoms with Crippen LogP contribution in [0.2, 0.25) is 0 Å². The predicted molar refractivity (Wildman–Crippen MR) is 88.8 cm³/mol. The van der Waals surface area contributed by atoms with Gasteiger partial charge < -0.3 is 4.42 Å². The van der Waals surface area contributed by atoms with Gasteiger partial charge in [0.15, 0.2) is 11.5 Å². The molecule has 2 nitrogen and oxygen atoms in total. The Morgan fingerprint density at radius 2 is 1.86 bits per heavy atom. The fraction of sp³-hybridized carbons (Fsp3) is 0.316. The molecule has 1 aromatic heterocycles. The third kappa shape index (κ3) is 3.15. The minimum absolute atomic E-state index is 0. The van der Waals surface area contributed by atoms with Gasteiger partial charge in [-0.25, -0.2) is 4.98 Å². The van der Waals surface area contributed by atoms with E-state index in [-0.39, 0.29) is 7.43 Å².